The van der Waals surface area contributed by atoms with Crippen molar-refractivity contribution in [2.24, 2.45) is 5.73 Å². The van der Waals surface area contributed by atoms with E-state index in [0.29, 0.717) is 6.54 Å². The first kappa shape index (κ1) is 15.9. The van der Waals surface area contributed by atoms with Gasteiger partial charge < -0.3 is 10.6 Å². The predicted molar refractivity (Wildman–Crippen MR) is 90.0 cm³/mol. The van der Waals surface area contributed by atoms with Crippen LogP contribution in [0.3, 0.4) is 0 Å². The maximum Gasteiger partial charge on any atom is 0.155 e. The summed E-state index contributed by atoms with van der Waals surface area (Å²) in [5.74, 6) is 0.933. The maximum atomic E-state index is 5.99. The van der Waals surface area contributed by atoms with Gasteiger partial charge in [-0.05, 0) is 36.3 Å². The van der Waals surface area contributed by atoms with Gasteiger partial charge >= 0.3 is 0 Å². The molecule has 2 N–H and O–H groups in total. The summed E-state index contributed by atoms with van der Waals surface area (Å²) < 4.78 is 0. The Kier molecular flexibility index (Phi) is 5.70. The number of anilines is 1. The van der Waals surface area contributed by atoms with Crippen LogP contribution in [0.1, 0.15) is 35.5 Å². The highest BCUT2D eigenvalue weighted by Gasteiger charge is 2.16. The Morgan fingerprint density at radius 2 is 2.00 bits per heavy atom. The van der Waals surface area contributed by atoms with Crippen LogP contribution in [-0.2, 0) is 25.8 Å². The lowest BCUT2D eigenvalue weighted by Crippen LogP contribution is -2.25. The van der Waals surface area contributed by atoms with E-state index in [1.807, 2.05) is 0 Å². The third-order valence-electron chi connectivity index (χ3n) is 3.78. The molecule has 0 saturated heterocycles. The summed E-state index contributed by atoms with van der Waals surface area (Å²) in [6.07, 6.45) is 2.89. The first-order valence-electron chi connectivity index (χ1n) is 7.52. The molecule has 114 valence electrons. The van der Waals surface area contributed by atoms with Gasteiger partial charge in [-0.3, -0.25) is 0 Å². The summed E-state index contributed by atoms with van der Waals surface area (Å²) in [6.45, 7) is 5.72. The van der Waals surface area contributed by atoms with Crippen molar-refractivity contribution in [2.45, 2.75) is 39.7 Å². The molecule has 0 aliphatic heterocycles. The van der Waals surface area contributed by atoms with Crippen molar-refractivity contribution in [3.05, 3.63) is 39.2 Å². The van der Waals surface area contributed by atoms with E-state index in [1.165, 1.54) is 10.4 Å². The molecule has 2 aromatic rings. The van der Waals surface area contributed by atoms with Gasteiger partial charge in [0.05, 0.1) is 5.69 Å². The highest BCUT2D eigenvalue weighted by molar-refractivity contribution is 7.09. The normalized spacial score (nSPS) is 10.9. The molecule has 2 heterocycles. The fraction of sp³-hybridized carbons (Fsp3) is 0.500. The number of likely N-dealkylation sites (N-methyl/N-ethyl adjacent to an activating group) is 1. The average molecular weight is 304 g/mol. The van der Waals surface area contributed by atoms with Gasteiger partial charge in [-0.2, -0.15) is 5.10 Å². The zero-order chi connectivity index (χ0) is 15.2. The molecule has 0 radical (unpaired) electrons. The van der Waals surface area contributed by atoms with Gasteiger partial charge in [-0.1, -0.05) is 19.9 Å². The highest BCUT2D eigenvalue weighted by atomic mass is 32.1. The number of nitrogens with two attached hydrogens (primary N) is 1. The Morgan fingerprint density at radius 1 is 1.19 bits per heavy atom. The molecule has 2 aromatic heterocycles. The largest absolute Gasteiger partial charge is 0.358 e. The monoisotopic (exact) mass is 304 g/mol. The van der Waals surface area contributed by atoms with Crippen LogP contribution in [0.2, 0.25) is 0 Å². The topological polar surface area (TPSA) is 55.0 Å². The third kappa shape index (κ3) is 3.60. The second-order valence-electron chi connectivity index (χ2n) is 5.09. The first-order chi connectivity index (χ1) is 10.2. The summed E-state index contributed by atoms with van der Waals surface area (Å²) in [6, 6.07) is 4.27. The Bertz CT molecular complexity index is 566. The van der Waals surface area contributed by atoms with Crippen LogP contribution in [0.25, 0.3) is 0 Å². The summed E-state index contributed by atoms with van der Waals surface area (Å²) in [5.41, 5.74) is 9.49. The van der Waals surface area contributed by atoms with Crippen LogP contribution in [0.4, 0.5) is 5.82 Å². The Balaban J connectivity index is 2.21. The SMILES string of the molecule is CCc1nnc(N(C)CCc2cccs2)c(CN)c1CC. The lowest BCUT2D eigenvalue weighted by Gasteiger charge is -2.22. The zero-order valence-corrected chi connectivity index (χ0v) is 13.9. The number of aromatic nitrogens is 2. The number of hydrogen-bond acceptors (Lipinski definition) is 5. The molecule has 5 heteroatoms. The van der Waals surface area contributed by atoms with E-state index < -0.39 is 0 Å². The summed E-state index contributed by atoms with van der Waals surface area (Å²) in [5, 5.41) is 10.9. The van der Waals surface area contributed by atoms with Crippen molar-refractivity contribution in [2.75, 3.05) is 18.5 Å². The van der Waals surface area contributed by atoms with Crippen LogP contribution >= 0.6 is 11.3 Å². The number of thiophene rings is 1. The van der Waals surface area contributed by atoms with Crippen molar-refractivity contribution in [1.82, 2.24) is 10.2 Å². The quantitative estimate of drug-likeness (QED) is 0.854. The smallest absolute Gasteiger partial charge is 0.155 e. The molecule has 0 spiro atoms. The van der Waals surface area contributed by atoms with Gasteiger partial charge in [-0.15, -0.1) is 16.4 Å². The van der Waals surface area contributed by atoms with E-state index in [1.54, 1.807) is 11.3 Å². The number of nitrogens with zero attached hydrogens (tertiary/aromatic N) is 3. The Hall–Kier alpha value is -1.46. The number of hydrogen-bond donors (Lipinski definition) is 1. The standard InChI is InChI=1S/C16H24N4S/c1-4-13-14(11-17)16(19-18-15(13)5-2)20(3)9-8-12-7-6-10-21-12/h6-7,10H,4-5,8-9,11,17H2,1-3H3. The van der Waals surface area contributed by atoms with Gasteiger partial charge in [0, 0.05) is 30.6 Å². The number of aryl methyl sites for hydroxylation is 1. The summed E-state index contributed by atoms with van der Waals surface area (Å²) in [4.78, 5) is 3.57. The van der Waals surface area contributed by atoms with Gasteiger partial charge in [0.15, 0.2) is 5.82 Å². The molecular formula is C16H24N4S. The zero-order valence-electron chi connectivity index (χ0n) is 13.1. The molecule has 0 atom stereocenters. The van der Waals surface area contributed by atoms with Gasteiger partial charge in [0.25, 0.3) is 0 Å². The third-order valence-corrected chi connectivity index (χ3v) is 4.71. The molecule has 0 aliphatic rings. The molecule has 0 aromatic carbocycles. The molecule has 0 aliphatic carbocycles. The predicted octanol–water partition coefficient (Wildman–Crippen LogP) is 2.80. The van der Waals surface area contributed by atoms with E-state index in [2.05, 4.69) is 53.5 Å². The molecule has 0 amide bonds. The molecule has 0 unspecified atom stereocenters. The Labute approximate surface area is 131 Å². The van der Waals surface area contributed by atoms with E-state index >= 15 is 0 Å². The average Bonchev–Trinajstić information content (AvgIpc) is 3.04. The molecule has 4 nitrogen and oxygen atoms in total. The molecule has 0 fully saturated rings. The van der Waals surface area contributed by atoms with Gasteiger partial charge in [0.1, 0.15) is 0 Å². The fourth-order valence-electron chi connectivity index (χ4n) is 2.60. The second-order valence-corrected chi connectivity index (χ2v) is 6.12. The van der Waals surface area contributed by atoms with Crippen molar-refractivity contribution < 1.29 is 0 Å². The minimum Gasteiger partial charge on any atom is -0.358 e. The fourth-order valence-corrected chi connectivity index (χ4v) is 3.30. The summed E-state index contributed by atoms with van der Waals surface area (Å²) >= 11 is 1.80. The van der Waals surface area contributed by atoms with Crippen molar-refractivity contribution >= 4 is 17.2 Å². The van der Waals surface area contributed by atoms with Crippen molar-refractivity contribution in [3.8, 4) is 0 Å². The van der Waals surface area contributed by atoms with Crippen molar-refractivity contribution in [3.63, 3.8) is 0 Å². The van der Waals surface area contributed by atoms with Crippen molar-refractivity contribution in [1.29, 1.82) is 0 Å². The molecule has 0 saturated carbocycles. The van der Waals surface area contributed by atoms with E-state index in [0.717, 1.165) is 42.9 Å². The molecule has 21 heavy (non-hydrogen) atoms. The van der Waals surface area contributed by atoms with E-state index in [9.17, 15) is 0 Å². The maximum absolute atomic E-state index is 5.99. The van der Waals surface area contributed by atoms with Crippen LogP contribution < -0.4 is 10.6 Å². The second kappa shape index (κ2) is 7.52. The lowest BCUT2D eigenvalue weighted by atomic mass is 10.0. The van der Waals surface area contributed by atoms with E-state index in [4.69, 9.17) is 5.73 Å². The minimum atomic E-state index is 0.518. The van der Waals surface area contributed by atoms with E-state index in [-0.39, 0.29) is 0 Å². The summed E-state index contributed by atoms with van der Waals surface area (Å²) in [7, 11) is 2.07. The first-order valence-corrected chi connectivity index (χ1v) is 8.40. The van der Waals surface area contributed by atoms with Crippen LogP contribution in [0.5, 0.6) is 0 Å². The molecule has 0 bridgehead atoms. The van der Waals surface area contributed by atoms with Gasteiger partial charge in [-0.25, -0.2) is 0 Å². The minimum absolute atomic E-state index is 0.518. The van der Waals surface area contributed by atoms with Crippen LogP contribution in [0.15, 0.2) is 17.5 Å². The lowest BCUT2D eigenvalue weighted by molar-refractivity contribution is 0.789. The molecule has 2 rings (SSSR count). The molecular weight excluding hydrogens is 280 g/mol. The van der Waals surface area contributed by atoms with Crippen LogP contribution in [0, 0.1) is 0 Å². The Morgan fingerprint density at radius 3 is 2.57 bits per heavy atom. The van der Waals surface area contributed by atoms with Gasteiger partial charge in [0.2, 0.25) is 0 Å². The van der Waals surface area contributed by atoms with Crippen LogP contribution in [-0.4, -0.2) is 23.8 Å². The highest BCUT2D eigenvalue weighted by Crippen LogP contribution is 2.23. The number of rotatable bonds is 7.